The number of hydrogen-bond acceptors (Lipinski definition) is 7. The second kappa shape index (κ2) is 7.69. The van der Waals surface area contributed by atoms with Gasteiger partial charge in [-0.05, 0) is 18.2 Å². The Morgan fingerprint density at radius 1 is 1.23 bits per heavy atom. The number of imidazole rings is 1. The zero-order valence-electron chi connectivity index (χ0n) is 16.2. The summed E-state index contributed by atoms with van der Waals surface area (Å²) in [7, 11) is 2.91. The molecule has 0 saturated heterocycles. The Hall–Kier alpha value is -3.99. The zero-order valence-corrected chi connectivity index (χ0v) is 16.9. The van der Waals surface area contributed by atoms with Crippen molar-refractivity contribution < 1.29 is 14.1 Å². The van der Waals surface area contributed by atoms with Gasteiger partial charge < -0.3 is 10.1 Å². The van der Waals surface area contributed by atoms with E-state index >= 15 is 0 Å². The van der Waals surface area contributed by atoms with Crippen LogP contribution in [0.2, 0.25) is 5.02 Å². The van der Waals surface area contributed by atoms with Crippen LogP contribution in [0.15, 0.2) is 47.4 Å². The monoisotopic (exact) mass is 444 g/mol. The fourth-order valence-corrected chi connectivity index (χ4v) is 3.30. The molecular weight excluding hydrogens is 431 g/mol. The summed E-state index contributed by atoms with van der Waals surface area (Å²) in [5.74, 6) is -0.738. The number of benzene rings is 2. The molecule has 2 aromatic carbocycles. The average molecular weight is 445 g/mol. The molecule has 2 aromatic heterocycles. The standard InChI is InChI=1S/C19H14ClFN6O4/c1-25-15-7-10(20)3-4-13(15)26(19(25)28)17-5-6-22-18(24-17)23-12-9-14(27(29)30)11(21)8-16(12)31-2/h3-9H,1-2H3,(H,22,23,24). The lowest BCUT2D eigenvalue weighted by molar-refractivity contribution is -0.387. The van der Waals surface area contributed by atoms with Crippen molar-refractivity contribution in [1.29, 1.82) is 0 Å². The lowest BCUT2D eigenvalue weighted by Gasteiger charge is -2.11. The molecule has 0 aliphatic rings. The number of aromatic nitrogens is 4. The van der Waals surface area contributed by atoms with Gasteiger partial charge in [-0.3, -0.25) is 14.7 Å². The Kier molecular flexibility index (Phi) is 5.03. The predicted molar refractivity (Wildman–Crippen MR) is 112 cm³/mol. The van der Waals surface area contributed by atoms with E-state index in [4.69, 9.17) is 16.3 Å². The van der Waals surface area contributed by atoms with Gasteiger partial charge in [-0.25, -0.2) is 14.3 Å². The van der Waals surface area contributed by atoms with Crippen LogP contribution in [-0.4, -0.2) is 31.1 Å². The largest absolute Gasteiger partial charge is 0.494 e. The van der Waals surface area contributed by atoms with Crippen molar-refractivity contribution in [3.63, 3.8) is 0 Å². The molecule has 4 rings (SSSR count). The lowest BCUT2D eigenvalue weighted by Crippen LogP contribution is -2.21. The van der Waals surface area contributed by atoms with Gasteiger partial charge in [0, 0.05) is 36.5 Å². The Morgan fingerprint density at radius 2 is 2.00 bits per heavy atom. The second-order valence-electron chi connectivity index (χ2n) is 6.43. The van der Waals surface area contributed by atoms with E-state index < -0.39 is 16.4 Å². The minimum atomic E-state index is -1.04. The highest BCUT2D eigenvalue weighted by Crippen LogP contribution is 2.33. The van der Waals surface area contributed by atoms with Crippen molar-refractivity contribution >= 4 is 40.0 Å². The topological polar surface area (TPSA) is 117 Å². The van der Waals surface area contributed by atoms with Crippen LogP contribution in [0.4, 0.5) is 21.7 Å². The van der Waals surface area contributed by atoms with Gasteiger partial charge in [0.25, 0.3) is 0 Å². The number of halogens is 2. The van der Waals surface area contributed by atoms with E-state index in [9.17, 15) is 19.3 Å². The molecule has 0 fully saturated rings. The molecule has 0 spiro atoms. The first-order valence-electron chi connectivity index (χ1n) is 8.79. The zero-order chi connectivity index (χ0) is 22.3. The van der Waals surface area contributed by atoms with Crippen LogP contribution in [0, 0.1) is 15.9 Å². The van der Waals surface area contributed by atoms with Crippen LogP contribution in [0.5, 0.6) is 5.75 Å². The lowest BCUT2D eigenvalue weighted by atomic mass is 10.2. The van der Waals surface area contributed by atoms with E-state index in [0.29, 0.717) is 16.1 Å². The third-order valence-corrected chi connectivity index (χ3v) is 4.84. The van der Waals surface area contributed by atoms with Gasteiger partial charge in [0.05, 0.1) is 28.8 Å². The fourth-order valence-electron chi connectivity index (χ4n) is 3.14. The highest BCUT2D eigenvalue weighted by molar-refractivity contribution is 6.31. The molecule has 10 nitrogen and oxygen atoms in total. The van der Waals surface area contributed by atoms with Gasteiger partial charge in [0.1, 0.15) is 11.6 Å². The van der Waals surface area contributed by atoms with Gasteiger partial charge in [0.2, 0.25) is 11.8 Å². The van der Waals surface area contributed by atoms with Gasteiger partial charge in [-0.1, -0.05) is 11.6 Å². The molecule has 0 amide bonds. The average Bonchev–Trinajstić information content (AvgIpc) is 2.99. The molecule has 0 aliphatic heterocycles. The summed E-state index contributed by atoms with van der Waals surface area (Å²) >= 11 is 6.04. The smallest absolute Gasteiger partial charge is 0.334 e. The third kappa shape index (κ3) is 3.55. The van der Waals surface area contributed by atoms with Crippen molar-refractivity contribution in [3.05, 3.63) is 74.0 Å². The Morgan fingerprint density at radius 3 is 2.71 bits per heavy atom. The molecule has 0 radical (unpaired) electrons. The number of nitro benzene ring substituents is 1. The van der Waals surface area contributed by atoms with E-state index in [1.54, 1.807) is 25.2 Å². The quantitative estimate of drug-likeness (QED) is 0.369. The van der Waals surface area contributed by atoms with Crippen LogP contribution >= 0.6 is 11.6 Å². The molecule has 12 heteroatoms. The van der Waals surface area contributed by atoms with E-state index in [1.807, 2.05) is 0 Å². The van der Waals surface area contributed by atoms with Gasteiger partial charge in [-0.15, -0.1) is 0 Å². The van der Waals surface area contributed by atoms with Crippen LogP contribution < -0.4 is 15.7 Å². The summed E-state index contributed by atoms with van der Waals surface area (Å²) in [5.41, 5.74) is 0.196. The normalized spacial score (nSPS) is 11.0. The molecule has 0 unspecified atom stereocenters. The van der Waals surface area contributed by atoms with Crippen LogP contribution in [-0.2, 0) is 7.05 Å². The molecule has 0 bridgehead atoms. The van der Waals surface area contributed by atoms with Crippen LogP contribution in [0.3, 0.4) is 0 Å². The van der Waals surface area contributed by atoms with Crippen molar-refractivity contribution in [2.45, 2.75) is 0 Å². The summed E-state index contributed by atoms with van der Waals surface area (Å²) in [6.45, 7) is 0. The minimum absolute atomic E-state index is 0.0223. The number of rotatable bonds is 5. The molecule has 0 saturated carbocycles. The molecule has 2 heterocycles. The van der Waals surface area contributed by atoms with Crippen molar-refractivity contribution in [2.75, 3.05) is 12.4 Å². The van der Waals surface area contributed by atoms with E-state index in [2.05, 4.69) is 15.3 Å². The Balaban J connectivity index is 1.81. The van der Waals surface area contributed by atoms with Crippen LogP contribution in [0.25, 0.3) is 16.9 Å². The number of nitrogens with one attached hydrogen (secondary N) is 1. The van der Waals surface area contributed by atoms with Gasteiger partial charge in [-0.2, -0.15) is 9.37 Å². The number of fused-ring (bicyclic) bond motifs is 1. The fraction of sp³-hybridized carbons (Fsp3) is 0.105. The summed E-state index contributed by atoms with van der Waals surface area (Å²) < 4.78 is 21.8. The minimum Gasteiger partial charge on any atom is -0.494 e. The Labute approximate surface area is 178 Å². The number of hydrogen-bond donors (Lipinski definition) is 1. The highest BCUT2D eigenvalue weighted by atomic mass is 35.5. The van der Waals surface area contributed by atoms with Crippen molar-refractivity contribution in [3.8, 4) is 11.6 Å². The SMILES string of the molecule is COc1cc(F)c([N+](=O)[O-])cc1Nc1nccc(-n2c(=O)n(C)c3cc(Cl)ccc32)n1. The number of nitrogens with zero attached hydrogens (tertiary/aromatic N) is 5. The molecule has 4 aromatic rings. The predicted octanol–water partition coefficient (Wildman–Crippen LogP) is 3.57. The molecular formula is C19H14ClFN6O4. The van der Waals surface area contributed by atoms with Gasteiger partial charge >= 0.3 is 11.4 Å². The molecule has 158 valence electrons. The van der Waals surface area contributed by atoms with E-state index in [-0.39, 0.29) is 28.9 Å². The maximum absolute atomic E-state index is 13.9. The number of aryl methyl sites for hydroxylation is 1. The maximum atomic E-state index is 13.9. The number of ether oxygens (including phenoxy) is 1. The first kappa shape index (κ1) is 20.3. The van der Waals surface area contributed by atoms with E-state index in [0.717, 1.165) is 12.1 Å². The molecule has 0 atom stereocenters. The van der Waals surface area contributed by atoms with Crippen molar-refractivity contribution in [1.82, 2.24) is 19.1 Å². The van der Waals surface area contributed by atoms with Crippen molar-refractivity contribution in [2.24, 2.45) is 7.05 Å². The van der Waals surface area contributed by atoms with Gasteiger partial charge in [0.15, 0.2) is 0 Å². The molecule has 0 aliphatic carbocycles. The molecule has 31 heavy (non-hydrogen) atoms. The second-order valence-corrected chi connectivity index (χ2v) is 6.87. The molecule has 1 N–H and O–H groups in total. The first-order chi connectivity index (χ1) is 14.8. The number of nitro groups is 1. The first-order valence-corrected chi connectivity index (χ1v) is 9.17. The Bertz CT molecular complexity index is 1400. The summed E-state index contributed by atoms with van der Waals surface area (Å²) in [5, 5.41) is 14.3. The number of methoxy groups -OCH3 is 1. The van der Waals surface area contributed by atoms with Crippen LogP contribution in [0.1, 0.15) is 0 Å². The third-order valence-electron chi connectivity index (χ3n) is 4.60. The summed E-state index contributed by atoms with van der Waals surface area (Å²) in [6.07, 6.45) is 1.41. The summed E-state index contributed by atoms with van der Waals surface area (Å²) in [4.78, 5) is 31.4. The highest BCUT2D eigenvalue weighted by Gasteiger charge is 2.20. The number of anilines is 2. The summed E-state index contributed by atoms with van der Waals surface area (Å²) in [6, 6.07) is 8.42. The maximum Gasteiger partial charge on any atom is 0.334 e. The van der Waals surface area contributed by atoms with E-state index in [1.165, 1.54) is 28.5 Å².